The zero-order chi connectivity index (χ0) is 17.5. The molecule has 0 unspecified atom stereocenters. The molecule has 0 bridgehead atoms. The lowest BCUT2D eigenvalue weighted by Crippen LogP contribution is -2.38. The Hall–Kier alpha value is -1.86. The van der Waals surface area contributed by atoms with Crippen LogP contribution in [0.15, 0.2) is 27.5 Å². The van der Waals surface area contributed by atoms with Crippen LogP contribution in [0.4, 0.5) is 0 Å². The highest BCUT2D eigenvalue weighted by molar-refractivity contribution is 7.89. The molecule has 3 rings (SSSR count). The van der Waals surface area contributed by atoms with Crippen LogP contribution >= 0.6 is 0 Å². The number of hydrogen-bond acceptors (Lipinski definition) is 5. The van der Waals surface area contributed by atoms with Crippen molar-refractivity contribution in [1.29, 1.82) is 0 Å². The van der Waals surface area contributed by atoms with Crippen LogP contribution in [-0.4, -0.2) is 31.8 Å². The van der Waals surface area contributed by atoms with Gasteiger partial charge in [0.1, 0.15) is 11.6 Å². The van der Waals surface area contributed by atoms with Gasteiger partial charge in [-0.1, -0.05) is 19.3 Å². The Morgan fingerprint density at radius 3 is 2.54 bits per heavy atom. The molecule has 130 valence electrons. The van der Waals surface area contributed by atoms with Crippen molar-refractivity contribution in [2.45, 2.75) is 50.0 Å². The van der Waals surface area contributed by atoms with Crippen LogP contribution in [0, 0.1) is 6.92 Å². The van der Waals surface area contributed by atoms with E-state index in [-0.39, 0.29) is 16.7 Å². The van der Waals surface area contributed by atoms with E-state index in [0.29, 0.717) is 16.5 Å². The normalized spacial score (nSPS) is 16.8. The summed E-state index contributed by atoms with van der Waals surface area (Å²) in [6, 6.07) is 4.45. The maximum atomic E-state index is 12.9. The minimum atomic E-state index is -3.63. The summed E-state index contributed by atoms with van der Waals surface area (Å²) in [5.41, 5.74) is 0.716. The summed E-state index contributed by atoms with van der Waals surface area (Å²) in [6.07, 6.45) is 4.98. The van der Waals surface area contributed by atoms with Crippen LogP contribution in [0.2, 0.25) is 0 Å². The molecule has 1 aromatic heterocycles. The Kier molecular flexibility index (Phi) is 4.40. The number of rotatable bonds is 4. The molecule has 24 heavy (non-hydrogen) atoms. The van der Waals surface area contributed by atoms with E-state index in [9.17, 15) is 18.3 Å². The number of carboxylic acid groups (broad SMARTS) is 1. The first-order valence-electron chi connectivity index (χ1n) is 8.05. The Balaban J connectivity index is 2.01. The minimum absolute atomic E-state index is 0.0173. The zero-order valence-electron chi connectivity index (χ0n) is 13.7. The van der Waals surface area contributed by atoms with Gasteiger partial charge in [-0.3, -0.25) is 0 Å². The van der Waals surface area contributed by atoms with Crippen molar-refractivity contribution < 1.29 is 22.7 Å². The first-order valence-corrected chi connectivity index (χ1v) is 9.49. The van der Waals surface area contributed by atoms with Crippen LogP contribution < -0.4 is 5.11 Å². The van der Waals surface area contributed by atoms with Crippen LogP contribution in [0.25, 0.3) is 11.0 Å². The third kappa shape index (κ3) is 2.82. The van der Waals surface area contributed by atoms with E-state index >= 15 is 0 Å². The van der Waals surface area contributed by atoms with Gasteiger partial charge in [-0.25, -0.2) is 8.42 Å². The summed E-state index contributed by atoms with van der Waals surface area (Å²) < 4.78 is 32.5. The molecule has 0 radical (unpaired) electrons. The Morgan fingerprint density at radius 2 is 1.92 bits per heavy atom. The highest BCUT2D eigenvalue weighted by Gasteiger charge is 2.29. The summed E-state index contributed by atoms with van der Waals surface area (Å²) in [4.78, 5) is 11.2. The first kappa shape index (κ1) is 17.0. The third-order valence-electron chi connectivity index (χ3n) is 4.86. The highest BCUT2D eigenvalue weighted by Crippen LogP contribution is 2.30. The van der Waals surface area contributed by atoms with Gasteiger partial charge in [0.15, 0.2) is 5.76 Å². The van der Waals surface area contributed by atoms with Gasteiger partial charge >= 0.3 is 0 Å². The monoisotopic (exact) mass is 350 g/mol. The molecule has 7 heteroatoms. The number of sulfonamides is 1. The van der Waals surface area contributed by atoms with Gasteiger partial charge in [-0.05, 0) is 38.0 Å². The van der Waals surface area contributed by atoms with Crippen LogP contribution in [0.5, 0.6) is 0 Å². The maximum absolute atomic E-state index is 12.9. The summed E-state index contributed by atoms with van der Waals surface area (Å²) in [7, 11) is -2.01. The summed E-state index contributed by atoms with van der Waals surface area (Å²) >= 11 is 0. The predicted octanol–water partition coefficient (Wildman–Crippen LogP) is 2.06. The molecule has 0 aliphatic heterocycles. The van der Waals surface area contributed by atoms with Crippen molar-refractivity contribution in [2.75, 3.05) is 7.05 Å². The van der Waals surface area contributed by atoms with E-state index in [2.05, 4.69) is 0 Å². The van der Waals surface area contributed by atoms with Gasteiger partial charge in [-0.2, -0.15) is 4.31 Å². The average Bonchev–Trinajstić information content (AvgIpc) is 2.91. The Bertz CT molecular complexity index is 878. The Morgan fingerprint density at radius 1 is 1.25 bits per heavy atom. The standard InChI is InChI=1S/C17H21NO5S/c1-11-14-10-13(8-9-15(14)23-16(11)17(19)20)24(21,22)18(2)12-6-4-3-5-7-12/h8-10,12H,3-7H2,1-2H3,(H,19,20)/p-1. The quantitative estimate of drug-likeness (QED) is 0.842. The van der Waals surface area contributed by atoms with Gasteiger partial charge in [0.2, 0.25) is 10.0 Å². The second kappa shape index (κ2) is 6.22. The molecule has 1 fully saturated rings. The molecule has 1 saturated carbocycles. The lowest BCUT2D eigenvalue weighted by Gasteiger charge is -2.30. The molecule has 1 heterocycles. The molecular formula is C17H20NO5S-. The number of aromatic carboxylic acids is 1. The van der Waals surface area contributed by atoms with Crippen LogP contribution in [-0.2, 0) is 10.0 Å². The topological polar surface area (TPSA) is 90.6 Å². The highest BCUT2D eigenvalue weighted by atomic mass is 32.2. The summed E-state index contributed by atoms with van der Waals surface area (Å²) in [6.45, 7) is 1.58. The minimum Gasteiger partial charge on any atom is -0.542 e. The number of carbonyl (C=O) groups excluding carboxylic acids is 1. The zero-order valence-corrected chi connectivity index (χ0v) is 14.6. The van der Waals surface area contributed by atoms with Crippen molar-refractivity contribution in [3.63, 3.8) is 0 Å². The smallest absolute Gasteiger partial charge is 0.243 e. The molecular weight excluding hydrogens is 330 g/mol. The maximum Gasteiger partial charge on any atom is 0.243 e. The second-order valence-electron chi connectivity index (χ2n) is 6.31. The van der Waals surface area contributed by atoms with E-state index in [1.807, 2.05) is 0 Å². The summed E-state index contributed by atoms with van der Waals surface area (Å²) in [5.74, 6) is -1.67. The molecule has 0 saturated heterocycles. The van der Waals surface area contributed by atoms with Gasteiger partial charge in [0.25, 0.3) is 0 Å². The fourth-order valence-corrected chi connectivity index (χ4v) is 4.80. The van der Waals surface area contributed by atoms with E-state index in [4.69, 9.17) is 4.42 Å². The van der Waals surface area contributed by atoms with Crippen LogP contribution in [0.1, 0.15) is 48.2 Å². The van der Waals surface area contributed by atoms with Crippen molar-refractivity contribution in [1.82, 2.24) is 4.31 Å². The van der Waals surface area contributed by atoms with Crippen molar-refractivity contribution in [2.24, 2.45) is 0 Å². The lowest BCUT2D eigenvalue weighted by atomic mass is 9.96. The molecule has 6 nitrogen and oxygen atoms in total. The molecule has 0 atom stereocenters. The number of hydrogen-bond donors (Lipinski definition) is 0. The Labute approximate surface area is 141 Å². The van der Waals surface area contributed by atoms with E-state index in [0.717, 1.165) is 32.1 Å². The summed E-state index contributed by atoms with van der Waals surface area (Å²) in [5, 5.41) is 11.5. The fraction of sp³-hybridized carbons (Fsp3) is 0.471. The van der Waals surface area contributed by atoms with Crippen molar-refractivity contribution in [3.8, 4) is 0 Å². The molecule has 0 N–H and O–H groups in total. The van der Waals surface area contributed by atoms with E-state index < -0.39 is 16.0 Å². The van der Waals surface area contributed by atoms with Crippen molar-refractivity contribution in [3.05, 3.63) is 29.5 Å². The lowest BCUT2D eigenvalue weighted by molar-refractivity contribution is -0.257. The van der Waals surface area contributed by atoms with Gasteiger partial charge < -0.3 is 14.3 Å². The van der Waals surface area contributed by atoms with Gasteiger partial charge in [0.05, 0.1) is 4.90 Å². The van der Waals surface area contributed by atoms with Gasteiger partial charge in [-0.15, -0.1) is 0 Å². The third-order valence-corrected chi connectivity index (χ3v) is 6.77. The SMILES string of the molecule is Cc1c(C(=O)[O-])oc2ccc(S(=O)(=O)N(C)C3CCCCC3)cc12. The number of carbonyl (C=O) groups is 1. The largest absolute Gasteiger partial charge is 0.542 e. The fourth-order valence-electron chi connectivity index (χ4n) is 3.36. The first-order chi connectivity index (χ1) is 11.3. The molecule has 0 spiro atoms. The van der Waals surface area contributed by atoms with Gasteiger partial charge in [0, 0.05) is 24.0 Å². The molecule has 1 aliphatic carbocycles. The number of aryl methyl sites for hydroxylation is 1. The number of carboxylic acids is 1. The van der Waals surface area contributed by atoms with E-state index in [1.165, 1.54) is 22.5 Å². The molecule has 0 amide bonds. The number of benzene rings is 1. The second-order valence-corrected chi connectivity index (χ2v) is 8.31. The van der Waals surface area contributed by atoms with Crippen molar-refractivity contribution >= 4 is 27.0 Å². The number of nitrogens with zero attached hydrogens (tertiary/aromatic N) is 1. The number of fused-ring (bicyclic) bond motifs is 1. The molecule has 1 aromatic carbocycles. The average molecular weight is 350 g/mol. The van der Waals surface area contributed by atoms with E-state index in [1.54, 1.807) is 14.0 Å². The molecule has 1 aliphatic rings. The predicted molar refractivity (Wildman–Crippen MR) is 87.1 cm³/mol. The molecule has 2 aromatic rings. The number of furan rings is 1. The van der Waals surface area contributed by atoms with Crippen LogP contribution in [0.3, 0.4) is 0 Å².